The molecular formula is C18H19FN2O3. The van der Waals surface area contributed by atoms with Crippen LogP contribution in [-0.2, 0) is 11.3 Å². The highest BCUT2D eigenvalue weighted by Gasteiger charge is 2.12. The van der Waals surface area contributed by atoms with E-state index in [1.165, 1.54) is 6.07 Å². The van der Waals surface area contributed by atoms with Crippen LogP contribution >= 0.6 is 0 Å². The number of nitrogens with one attached hydrogen (secondary N) is 2. The van der Waals surface area contributed by atoms with E-state index < -0.39 is 0 Å². The van der Waals surface area contributed by atoms with E-state index in [4.69, 9.17) is 9.47 Å². The summed E-state index contributed by atoms with van der Waals surface area (Å²) in [7, 11) is 0. The van der Waals surface area contributed by atoms with Gasteiger partial charge in [-0.25, -0.2) is 4.39 Å². The highest BCUT2D eigenvalue weighted by atomic mass is 19.1. The molecule has 1 aliphatic rings. The van der Waals surface area contributed by atoms with E-state index in [-0.39, 0.29) is 11.7 Å². The van der Waals surface area contributed by atoms with Crippen LogP contribution in [0.3, 0.4) is 0 Å². The predicted molar refractivity (Wildman–Crippen MR) is 88.8 cm³/mol. The lowest BCUT2D eigenvalue weighted by Gasteiger charge is -2.19. The number of fused-ring (bicyclic) bond motifs is 1. The maximum atomic E-state index is 13.5. The number of halogens is 1. The second-order valence-corrected chi connectivity index (χ2v) is 5.42. The number of anilines is 1. The highest BCUT2D eigenvalue weighted by Crippen LogP contribution is 2.32. The molecule has 2 aromatic rings. The fourth-order valence-electron chi connectivity index (χ4n) is 2.41. The summed E-state index contributed by atoms with van der Waals surface area (Å²) in [5, 5.41) is 5.88. The number of carbonyl (C=O) groups is 1. The van der Waals surface area contributed by atoms with Gasteiger partial charge in [0.15, 0.2) is 11.5 Å². The second-order valence-electron chi connectivity index (χ2n) is 5.42. The summed E-state index contributed by atoms with van der Waals surface area (Å²) >= 11 is 0. The zero-order chi connectivity index (χ0) is 16.8. The van der Waals surface area contributed by atoms with E-state index in [2.05, 4.69) is 10.6 Å². The van der Waals surface area contributed by atoms with Gasteiger partial charge >= 0.3 is 0 Å². The fourth-order valence-corrected chi connectivity index (χ4v) is 2.41. The van der Waals surface area contributed by atoms with Gasteiger partial charge in [-0.1, -0.05) is 18.2 Å². The van der Waals surface area contributed by atoms with Gasteiger partial charge in [0.2, 0.25) is 5.91 Å². The summed E-state index contributed by atoms with van der Waals surface area (Å²) in [6.45, 7) is 1.89. The van der Waals surface area contributed by atoms with Crippen LogP contribution in [-0.4, -0.2) is 25.7 Å². The number of rotatable bonds is 6. The number of benzene rings is 2. The van der Waals surface area contributed by atoms with Crippen molar-refractivity contribution in [1.29, 1.82) is 0 Å². The molecule has 2 N–H and O–H groups in total. The lowest BCUT2D eigenvalue weighted by atomic mass is 10.2. The van der Waals surface area contributed by atoms with Crippen LogP contribution in [0.4, 0.5) is 10.1 Å². The first kappa shape index (κ1) is 16.3. The highest BCUT2D eigenvalue weighted by molar-refractivity contribution is 5.91. The smallest absolute Gasteiger partial charge is 0.225 e. The summed E-state index contributed by atoms with van der Waals surface area (Å²) in [6.07, 6.45) is 0.295. The third-order valence-corrected chi connectivity index (χ3v) is 3.63. The third kappa shape index (κ3) is 4.23. The molecule has 5 nitrogen and oxygen atoms in total. The summed E-state index contributed by atoms with van der Waals surface area (Å²) in [4.78, 5) is 12.0. The summed E-state index contributed by atoms with van der Waals surface area (Å²) < 4.78 is 24.4. The van der Waals surface area contributed by atoms with Crippen LogP contribution in [0.1, 0.15) is 12.0 Å². The minimum Gasteiger partial charge on any atom is -0.486 e. The minimum atomic E-state index is -0.245. The molecule has 0 aliphatic carbocycles. The van der Waals surface area contributed by atoms with Crippen molar-refractivity contribution in [2.45, 2.75) is 13.0 Å². The Morgan fingerprint density at radius 3 is 2.71 bits per heavy atom. The van der Waals surface area contributed by atoms with Gasteiger partial charge in [-0.3, -0.25) is 4.79 Å². The van der Waals surface area contributed by atoms with E-state index in [1.54, 1.807) is 36.4 Å². The first-order valence-corrected chi connectivity index (χ1v) is 7.86. The van der Waals surface area contributed by atoms with E-state index in [9.17, 15) is 9.18 Å². The number of amides is 1. The Balaban J connectivity index is 1.43. The summed E-state index contributed by atoms with van der Waals surface area (Å²) in [5.41, 5.74) is 1.25. The molecule has 2 aromatic carbocycles. The molecule has 0 saturated heterocycles. The maximum Gasteiger partial charge on any atom is 0.225 e. The SMILES string of the molecule is O=C(CCNCc1ccccc1F)Nc1ccc2c(c1)OCCO2. The molecule has 0 aromatic heterocycles. The summed E-state index contributed by atoms with van der Waals surface area (Å²) in [5.74, 6) is 0.959. The molecule has 0 atom stereocenters. The van der Waals surface area contributed by atoms with Gasteiger partial charge in [0.25, 0.3) is 0 Å². The first-order valence-electron chi connectivity index (χ1n) is 7.86. The first-order chi connectivity index (χ1) is 11.7. The molecular weight excluding hydrogens is 311 g/mol. The number of ether oxygens (including phenoxy) is 2. The molecule has 0 fully saturated rings. The van der Waals surface area contributed by atoms with Gasteiger partial charge in [0.05, 0.1) is 0 Å². The number of carbonyl (C=O) groups excluding carboxylic acids is 1. The van der Waals surface area contributed by atoms with Crippen molar-refractivity contribution in [3.63, 3.8) is 0 Å². The van der Waals surface area contributed by atoms with Gasteiger partial charge < -0.3 is 20.1 Å². The monoisotopic (exact) mass is 330 g/mol. The maximum absolute atomic E-state index is 13.5. The lowest BCUT2D eigenvalue weighted by molar-refractivity contribution is -0.116. The lowest BCUT2D eigenvalue weighted by Crippen LogP contribution is -2.22. The van der Waals surface area contributed by atoms with Crippen LogP contribution in [0.25, 0.3) is 0 Å². The van der Waals surface area contributed by atoms with Crippen LogP contribution in [0, 0.1) is 5.82 Å². The molecule has 0 bridgehead atoms. The number of hydrogen-bond donors (Lipinski definition) is 2. The average molecular weight is 330 g/mol. The molecule has 1 amide bonds. The molecule has 126 valence electrons. The van der Waals surface area contributed by atoms with Crippen molar-refractivity contribution < 1.29 is 18.7 Å². The van der Waals surface area contributed by atoms with E-state index in [0.29, 0.717) is 55.5 Å². The van der Waals surface area contributed by atoms with Crippen LogP contribution in [0.15, 0.2) is 42.5 Å². The van der Waals surface area contributed by atoms with E-state index in [0.717, 1.165) is 0 Å². The third-order valence-electron chi connectivity index (χ3n) is 3.63. The van der Waals surface area contributed by atoms with E-state index in [1.807, 2.05) is 0 Å². The van der Waals surface area contributed by atoms with Gasteiger partial charge in [0.1, 0.15) is 19.0 Å². The van der Waals surface area contributed by atoms with Crippen molar-refractivity contribution in [1.82, 2.24) is 5.32 Å². The topological polar surface area (TPSA) is 59.6 Å². The van der Waals surface area contributed by atoms with Crippen molar-refractivity contribution in [2.75, 3.05) is 25.1 Å². The van der Waals surface area contributed by atoms with Crippen LogP contribution in [0.2, 0.25) is 0 Å². The molecule has 24 heavy (non-hydrogen) atoms. The standard InChI is InChI=1S/C18H19FN2O3/c19-15-4-2-1-3-13(15)12-20-8-7-18(22)21-14-5-6-16-17(11-14)24-10-9-23-16/h1-6,11,20H,7-10,12H2,(H,21,22). The second kappa shape index (κ2) is 7.79. The Morgan fingerprint density at radius 1 is 1.08 bits per heavy atom. The van der Waals surface area contributed by atoms with Gasteiger partial charge in [0, 0.05) is 36.8 Å². The quantitative estimate of drug-likeness (QED) is 0.800. The molecule has 0 saturated carbocycles. The van der Waals surface area contributed by atoms with Crippen molar-refractivity contribution in [3.05, 3.63) is 53.8 Å². The van der Waals surface area contributed by atoms with E-state index >= 15 is 0 Å². The van der Waals surface area contributed by atoms with Gasteiger partial charge in [-0.05, 0) is 18.2 Å². The Bertz CT molecular complexity index is 721. The molecule has 6 heteroatoms. The molecule has 1 heterocycles. The molecule has 0 unspecified atom stereocenters. The van der Waals surface area contributed by atoms with Gasteiger partial charge in [-0.15, -0.1) is 0 Å². The van der Waals surface area contributed by atoms with Gasteiger partial charge in [-0.2, -0.15) is 0 Å². The van der Waals surface area contributed by atoms with Crippen molar-refractivity contribution in [2.24, 2.45) is 0 Å². The Morgan fingerprint density at radius 2 is 1.88 bits per heavy atom. The van der Waals surface area contributed by atoms with Crippen molar-refractivity contribution >= 4 is 11.6 Å². The normalized spacial score (nSPS) is 12.7. The average Bonchev–Trinajstić information content (AvgIpc) is 2.60. The minimum absolute atomic E-state index is 0.118. The zero-order valence-corrected chi connectivity index (χ0v) is 13.2. The Labute approximate surface area is 139 Å². The van der Waals surface area contributed by atoms with Crippen LogP contribution in [0.5, 0.6) is 11.5 Å². The summed E-state index contributed by atoms with van der Waals surface area (Å²) in [6, 6.07) is 11.9. The largest absolute Gasteiger partial charge is 0.486 e. The fraction of sp³-hybridized carbons (Fsp3) is 0.278. The van der Waals surface area contributed by atoms with Crippen molar-refractivity contribution in [3.8, 4) is 11.5 Å². The predicted octanol–water partition coefficient (Wildman–Crippen LogP) is 2.72. The molecule has 0 radical (unpaired) electrons. The Hall–Kier alpha value is -2.60. The molecule has 3 rings (SSSR count). The molecule has 1 aliphatic heterocycles. The number of hydrogen-bond acceptors (Lipinski definition) is 4. The zero-order valence-electron chi connectivity index (χ0n) is 13.2. The Kier molecular flexibility index (Phi) is 5.28. The van der Waals surface area contributed by atoms with Crippen LogP contribution < -0.4 is 20.1 Å². The molecule has 0 spiro atoms.